The summed E-state index contributed by atoms with van der Waals surface area (Å²) in [5.41, 5.74) is 1.18. The van der Waals surface area contributed by atoms with Crippen LogP contribution >= 0.6 is 0 Å². The third-order valence-corrected chi connectivity index (χ3v) is 2.94. The SMILES string of the molecule is Cc1cc(C(=O)N2CCOC(C#N)C2)ccc1O. The molecule has 94 valence electrons. The molecule has 0 aliphatic carbocycles. The van der Waals surface area contributed by atoms with Crippen LogP contribution in [0.1, 0.15) is 15.9 Å². The Kier molecular flexibility index (Phi) is 3.49. The number of carbonyl (C=O) groups excluding carboxylic acids is 1. The summed E-state index contributed by atoms with van der Waals surface area (Å²) in [5.74, 6) is 0.0325. The van der Waals surface area contributed by atoms with Gasteiger partial charge in [0.25, 0.3) is 5.91 Å². The zero-order chi connectivity index (χ0) is 13.1. The first-order chi connectivity index (χ1) is 8.61. The Labute approximate surface area is 105 Å². The first kappa shape index (κ1) is 12.4. The molecule has 0 bridgehead atoms. The summed E-state index contributed by atoms with van der Waals surface area (Å²) in [6, 6.07) is 6.74. The van der Waals surface area contributed by atoms with Crippen molar-refractivity contribution < 1.29 is 14.6 Å². The molecule has 1 unspecified atom stereocenters. The van der Waals surface area contributed by atoms with Gasteiger partial charge in [0.2, 0.25) is 0 Å². The van der Waals surface area contributed by atoms with Crippen LogP contribution in [0, 0.1) is 18.3 Å². The predicted octanol–water partition coefficient (Wildman–Crippen LogP) is 1.07. The minimum absolute atomic E-state index is 0.137. The molecule has 1 aliphatic rings. The maximum atomic E-state index is 12.2. The summed E-state index contributed by atoms with van der Waals surface area (Å²) < 4.78 is 5.19. The molecule has 2 rings (SSSR count). The molecular weight excluding hydrogens is 232 g/mol. The topological polar surface area (TPSA) is 73.6 Å². The molecule has 0 saturated carbocycles. The van der Waals surface area contributed by atoms with Crippen LogP contribution in [0.2, 0.25) is 0 Å². The average Bonchev–Trinajstić information content (AvgIpc) is 2.41. The number of nitrogens with zero attached hydrogens (tertiary/aromatic N) is 2. The Hall–Kier alpha value is -2.06. The van der Waals surface area contributed by atoms with Gasteiger partial charge in [0.05, 0.1) is 19.2 Å². The number of amides is 1. The van der Waals surface area contributed by atoms with Gasteiger partial charge < -0.3 is 14.7 Å². The van der Waals surface area contributed by atoms with E-state index in [1.165, 1.54) is 6.07 Å². The van der Waals surface area contributed by atoms with E-state index >= 15 is 0 Å². The highest BCUT2D eigenvalue weighted by Gasteiger charge is 2.24. The van der Waals surface area contributed by atoms with Gasteiger partial charge in [-0.2, -0.15) is 5.26 Å². The Morgan fingerprint density at radius 1 is 1.61 bits per heavy atom. The Balaban J connectivity index is 2.15. The Morgan fingerprint density at radius 3 is 3.06 bits per heavy atom. The number of benzene rings is 1. The molecular formula is C13H14N2O3. The van der Waals surface area contributed by atoms with Gasteiger partial charge >= 0.3 is 0 Å². The standard InChI is InChI=1S/C13H14N2O3/c1-9-6-10(2-3-12(9)16)13(17)15-4-5-18-11(7-14)8-15/h2-3,6,11,16H,4-5,8H2,1H3. The zero-order valence-electron chi connectivity index (χ0n) is 10.1. The normalized spacial score (nSPS) is 19.3. The highest BCUT2D eigenvalue weighted by atomic mass is 16.5. The minimum atomic E-state index is -0.555. The zero-order valence-corrected chi connectivity index (χ0v) is 10.1. The van der Waals surface area contributed by atoms with Crippen molar-refractivity contribution in [1.29, 1.82) is 5.26 Å². The molecule has 1 aromatic rings. The van der Waals surface area contributed by atoms with E-state index in [9.17, 15) is 9.90 Å². The van der Waals surface area contributed by atoms with Gasteiger partial charge in [-0.05, 0) is 30.7 Å². The fourth-order valence-corrected chi connectivity index (χ4v) is 1.88. The number of nitriles is 1. The van der Waals surface area contributed by atoms with Crippen molar-refractivity contribution >= 4 is 5.91 Å². The number of aryl methyl sites for hydroxylation is 1. The second-order valence-corrected chi connectivity index (χ2v) is 4.24. The van der Waals surface area contributed by atoms with Crippen LogP contribution in [0.4, 0.5) is 0 Å². The molecule has 1 amide bonds. The lowest BCUT2D eigenvalue weighted by Crippen LogP contribution is -2.45. The number of phenols is 1. The second kappa shape index (κ2) is 5.07. The summed E-state index contributed by atoms with van der Waals surface area (Å²) in [7, 11) is 0. The third-order valence-electron chi connectivity index (χ3n) is 2.94. The quantitative estimate of drug-likeness (QED) is 0.804. The highest BCUT2D eigenvalue weighted by Crippen LogP contribution is 2.19. The molecule has 1 N–H and O–H groups in total. The van der Waals surface area contributed by atoms with Crippen molar-refractivity contribution in [3.05, 3.63) is 29.3 Å². The van der Waals surface area contributed by atoms with Crippen LogP contribution in [-0.2, 0) is 4.74 Å². The number of morpholine rings is 1. The van der Waals surface area contributed by atoms with Crippen molar-refractivity contribution in [1.82, 2.24) is 4.90 Å². The molecule has 1 aliphatic heterocycles. The first-order valence-electron chi connectivity index (χ1n) is 5.72. The van der Waals surface area contributed by atoms with Crippen LogP contribution in [-0.4, -0.2) is 41.7 Å². The minimum Gasteiger partial charge on any atom is -0.508 e. The highest BCUT2D eigenvalue weighted by molar-refractivity contribution is 5.94. The van der Waals surface area contributed by atoms with E-state index in [2.05, 4.69) is 0 Å². The summed E-state index contributed by atoms with van der Waals surface area (Å²) >= 11 is 0. The predicted molar refractivity (Wildman–Crippen MR) is 64.1 cm³/mol. The lowest BCUT2D eigenvalue weighted by molar-refractivity contribution is 0.00346. The number of hydrogen-bond donors (Lipinski definition) is 1. The van der Waals surface area contributed by atoms with E-state index in [0.717, 1.165) is 0 Å². The lowest BCUT2D eigenvalue weighted by Gasteiger charge is -2.29. The third kappa shape index (κ3) is 2.44. The summed E-state index contributed by atoms with van der Waals surface area (Å²) in [4.78, 5) is 13.8. The van der Waals surface area contributed by atoms with Gasteiger partial charge in [-0.3, -0.25) is 4.79 Å². The Bertz CT molecular complexity index is 507. The van der Waals surface area contributed by atoms with E-state index < -0.39 is 6.10 Å². The number of hydrogen-bond acceptors (Lipinski definition) is 4. The van der Waals surface area contributed by atoms with Gasteiger partial charge in [0.1, 0.15) is 5.75 Å². The molecule has 1 aromatic carbocycles. The molecule has 18 heavy (non-hydrogen) atoms. The molecule has 1 heterocycles. The molecule has 0 spiro atoms. The van der Waals surface area contributed by atoms with Crippen molar-refractivity contribution in [2.45, 2.75) is 13.0 Å². The van der Waals surface area contributed by atoms with Gasteiger partial charge in [-0.1, -0.05) is 0 Å². The van der Waals surface area contributed by atoms with E-state index in [0.29, 0.717) is 24.3 Å². The number of ether oxygens (including phenoxy) is 1. The lowest BCUT2D eigenvalue weighted by atomic mass is 10.1. The number of phenolic OH excluding ortho intramolecular Hbond substituents is 1. The smallest absolute Gasteiger partial charge is 0.254 e. The molecule has 5 heteroatoms. The van der Waals surface area contributed by atoms with Crippen molar-refractivity contribution in [3.63, 3.8) is 0 Å². The molecule has 1 saturated heterocycles. The van der Waals surface area contributed by atoms with E-state index in [1.807, 2.05) is 6.07 Å². The van der Waals surface area contributed by atoms with Crippen LogP contribution in [0.3, 0.4) is 0 Å². The van der Waals surface area contributed by atoms with Crippen molar-refractivity contribution in [3.8, 4) is 11.8 Å². The average molecular weight is 246 g/mol. The van der Waals surface area contributed by atoms with Gasteiger partial charge in [-0.25, -0.2) is 0 Å². The van der Waals surface area contributed by atoms with Gasteiger partial charge in [0.15, 0.2) is 6.10 Å². The number of rotatable bonds is 1. The van der Waals surface area contributed by atoms with Gasteiger partial charge in [-0.15, -0.1) is 0 Å². The molecule has 5 nitrogen and oxygen atoms in total. The number of carbonyl (C=O) groups is 1. The molecule has 0 radical (unpaired) electrons. The van der Waals surface area contributed by atoms with E-state index in [-0.39, 0.29) is 18.2 Å². The number of aromatic hydroxyl groups is 1. The van der Waals surface area contributed by atoms with Gasteiger partial charge in [0, 0.05) is 12.1 Å². The molecule has 1 atom stereocenters. The summed E-state index contributed by atoms with van der Waals surface area (Å²) in [6.07, 6.45) is -0.555. The van der Waals surface area contributed by atoms with Crippen LogP contribution in [0.15, 0.2) is 18.2 Å². The summed E-state index contributed by atoms with van der Waals surface area (Å²) in [6.45, 7) is 2.89. The first-order valence-corrected chi connectivity index (χ1v) is 5.72. The second-order valence-electron chi connectivity index (χ2n) is 4.24. The van der Waals surface area contributed by atoms with E-state index in [1.54, 1.807) is 24.0 Å². The largest absolute Gasteiger partial charge is 0.508 e. The van der Waals surface area contributed by atoms with Crippen LogP contribution < -0.4 is 0 Å². The fourth-order valence-electron chi connectivity index (χ4n) is 1.88. The maximum Gasteiger partial charge on any atom is 0.254 e. The fraction of sp³-hybridized carbons (Fsp3) is 0.385. The summed E-state index contributed by atoms with van der Waals surface area (Å²) in [5, 5.41) is 18.2. The van der Waals surface area contributed by atoms with Crippen molar-refractivity contribution in [2.24, 2.45) is 0 Å². The van der Waals surface area contributed by atoms with E-state index in [4.69, 9.17) is 10.00 Å². The maximum absolute atomic E-state index is 12.2. The molecule has 0 aromatic heterocycles. The van der Waals surface area contributed by atoms with Crippen molar-refractivity contribution in [2.75, 3.05) is 19.7 Å². The van der Waals surface area contributed by atoms with Crippen LogP contribution in [0.25, 0.3) is 0 Å². The monoisotopic (exact) mass is 246 g/mol. The Morgan fingerprint density at radius 2 is 2.39 bits per heavy atom. The van der Waals surface area contributed by atoms with Crippen LogP contribution in [0.5, 0.6) is 5.75 Å². The molecule has 1 fully saturated rings.